The second kappa shape index (κ2) is 9.76. The molecule has 0 bridgehead atoms. The summed E-state index contributed by atoms with van der Waals surface area (Å²) in [5, 5.41) is 2.56. The number of thiophene rings is 2. The van der Waals surface area contributed by atoms with Crippen LogP contribution >= 0.6 is 22.7 Å². The van der Waals surface area contributed by atoms with Crippen LogP contribution in [-0.4, -0.2) is 14.2 Å². The lowest BCUT2D eigenvalue weighted by atomic mass is 9.83. The van der Waals surface area contributed by atoms with Crippen molar-refractivity contribution >= 4 is 58.3 Å². The molecule has 1 aliphatic heterocycles. The van der Waals surface area contributed by atoms with Gasteiger partial charge in [0.05, 0.1) is 28.3 Å². The molecule has 0 saturated carbocycles. The zero-order valence-electron chi connectivity index (χ0n) is 23.1. The van der Waals surface area contributed by atoms with Gasteiger partial charge < -0.3 is 14.2 Å². The minimum absolute atomic E-state index is 0.809. The smallest absolute Gasteiger partial charge is 0.178 e. The van der Waals surface area contributed by atoms with Gasteiger partial charge in [-0.2, -0.15) is 0 Å². The van der Waals surface area contributed by atoms with Crippen molar-refractivity contribution in [1.29, 1.82) is 0 Å². The Morgan fingerprint density at radius 2 is 1.29 bits per heavy atom. The van der Waals surface area contributed by atoms with Crippen molar-refractivity contribution in [2.45, 2.75) is 5.60 Å². The summed E-state index contributed by atoms with van der Waals surface area (Å²) in [5.41, 5.74) is 4.75. The summed E-state index contributed by atoms with van der Waals surface area (Å²) in [5.74, 6) is 2.53. The van der Waals surface area contributed by atoms with Gasteiger partial charge in [-0.05, 0) is 53.6 Å². The summed E-state index contributed by atoms with van der Waals surface area (Å²) >= 11 is 3.70. The van der Waals surface area contributed by atoms with Crippen LogP contribution in [0, 0.1) is 0 Å². The summed E-state index contributed by atoms with van der Waals surface area (Å²) in [6.07, 6.45) is 4.41. The van der Waals surface area contributed by atoms with Crippen molar-refractivity contribution in [3.63, 3.8) is 0 Å². The van der Waals surface area contributed by atoms with Crippen molar-refractivity contribution in [2.24, 2.45) is 0 Å². The van der Waals surface area contributed by atoms with Crippen molar-refractivity contribution in [3.8, 4) is 28.4 Å². The number of fused-ring (bicyclic) bond motifs is 7. The van der Waals surface area contributed by atoms with Gasteiger partial charge in [0.2, 0.25) is 0 Å². The number of hydrogen-bond acceptors (Lipinski definition) is 5. The highest BCUT2D eigenvalue weighted by molar-refractivity contribution is 7.36. The minimum atomic E-state index is -0.827. The molecule has 0 radical (unpaired) electrons. The van der Waals surface area contributed by atoms with E-state index in [-0.39, 0.29) is 0 Å². The molecule has 0 amide bonds. The number of rotatable bonds is 5. The van der Waals surface area contributed by atoms with Gasteiger partial charge in [-0.1, -0.05) is 78.9 Å². The molecule has 0 fully saturated rings. The Bertz CT molecular complexity index is 2070. The Morgan fingerprint density at radius 3 is 1.95 bits per heavy atom. The molecule has 0 atom stereocenters. The maximum Gasteiger partial charge on any atom is 0.178 e. The highest BCUT2D eigenvalue weighted by Crippen LogP contribution is 2.54. The van der Waals surface area contributed by atoms with Crippen LogP contribution in [0.15, 0.2) is 115 Å². The summed E-state index contributed by atoms with van der Waals surface area (Å²) < 4.78 is 23.4. The van der Waals surface area contributed by atoms with Crippen LogP contribution < -0.4 is 14.2 Å². The Balaban J connectivity index is 1.42. The van der Waals surface area contributed by atoms with E-state index in [1.54, 1.807) is 14.2 Å². The fourth-order valence-electron chi connectivity index (χ4n) is 6.00. The van der Waals surface area contributed by atoms with E-state index >= 15 is 0 Å². The molecule has 204 valence electrons. The van der Waals surface area contributed by atoms with Gasteiger partial charge in [-0.15, -0.1) is 22.7 Å². The molecule has 5 aromatic carbocycles. The maximum absolute atomic E-state index is 7.30. The standard InChI is InChI=1S/C37H26O3S2/c1-38-27-16-12-25(13-17-27)37(26-14-18-28(39-2)19-15-26)21-20-24-22-30(23-8-4-3-5-9-23)32-35(33(24)40-37)42-34-29-10-6-7-11-31(29)41-36(32)34/h3-22H,1-2H3. The molecule has 0 saturated heterocycles. The van der Waals surface area contributed by atoms with Gasteiger partial charge in [0.25, 0.3) is 0 Å². The number of benzene rings is 5. The SMILES string of the molecule is COc1ccc(C2(c3ccc(OC)cc3)C=Cc3cc(-c4ccccc4)c4c(sc5c6ccccc6sc54)c3O2)cc1. The van der Waals surface area contributed by atoms with Crippen LogP contribution in [0.2, 0.25) is 0 Å². The number of hydrogen-bond donors (Lipinski definition) is 0. The third-order valence-electron chi connectivity index (χ3n) is 8.13. The third-order valence-corrected chi connectivity index (χ3v) is 10.7. The van der Waals surface area contributed by atoms with Crippen molar-refractivity contribution in [1.82, 2.24) is 0 Å². The summed E-state index contributed by atoms with van der Waals surface area (Å²) in [4.78, 5) is 0. The van der Waals surface area contributed by atoms with E-state index in [4.69, 9.17) is 14.2 Å². The van der Waals surface area contributed by atoms with E-state index in [9.17, 15) is 0 Å². The molecule has 8 rings (SSSR count). The van der Waals surface area contributed by atoms with Gasteiger partial charge in [0.1, 0.15) is 17.2 Å². The molecule has 0 aliphatic carbocycles. The first-order valence-electron chi connectivity index (χ1n) is 13.8. The second-order valence-electron chi connectivity index (χ2n) is 10.4. The van der Waals surface area contributed by atoms with Crippen LogP contribution in [0.3, 0.4) is 0 Å². The Morgan fingerprint density at radius 1 is 0.643 bits per heavy atom. The fourth-order valence-corrected chi connectivity index (χ4v) is 8.80. The van der Waals surface area contributed by atoms with E-state index in [1.807, 2.05) is 46.9 Å². The molecule has 1 aliphatic rings. The molecule has 3 heterocycles. The zero-order chi connectivity index (χ0) is 28.3. The maximum atomic E-state index is 7.30. The van der Waals surface area contributed by atoms with Crippen LogP contribution in [0.1, 0.15) is 16.7 Å². The molecule has 42 heavy (non-hydrogen) atoms. The Kier molecular flexibility index (Phi) is 5.85. The summed E-state index contributed by atoms with van der Waals surface area (Å²) in [6, 6.07) is 38.0. The molecule has 3 nitrogen and oxygen atoms in total. The molecule has 5 heteroatoms. The molecule has 7 aromatic rings. The van der Waals surface area contributed by atoms with E-state index in [2.05, 4.69) is 97.1 Å². The highest BCUT2D eigenvalue weighted by atomic mass is 32.1. The van der Waals surface area contributed by atoms with Crippen molar-refractivity contribution in [3.05, 3.63) is 132 Å². The molecule has 2 aromatic heterocycles. The van der Waals surface area contributed by atoms with E-state index in [0.29, 0.717) is 0 Å². The first-order valence-corrected chi connectivity index (χ1v) is 15.5. The topological polar surface area (TPSA) is 27.7 Å². The average molecular weight is 583 g/mol. The number of methoxy groups -OCH3 is 2. The van der Waals surface area contributed by atoms with Gasteiger partial charge in [-0.25, -0.2) is 0 Å². The molecule has 0 unspecified atom stereocenters. The summed E-state index contributed by atoms with van der Waals surface area (Å²) in [7, 11) is 3.38. The predicted molar refractivity (Wildman–Crippen MR) is 177 cm³/mol. The second-order valence-corrected chi connectivity index (χ2v) is 12.5. The molecule has 0 N–H and O–H groups in total. The van der Waals surface area contributed by atoms with Crippen LogP contribution in [0.4, 0.5) is 0 Å². The van der Waals surface area contributed by atoms with Crippen molar-refractivity contribution in [2.75, 3.05) is 14.2 Å². The fraction of sp³-hybridized carbons (Fsp3) is 0.0811. The van der Waals surface area contributed by atoms with E-state index in [0.717, 1.165) is 33.9 Å². The normalized spacial score (nSPS) is 13.8. The first kappa shape index (κ1) is 25.2. The van der Waals surface area contributed by atoms with Gasteiger partial charge in [-0.3, -0.25) is 0 Å². The van der Waals surface area contributed by atoms with Crippen LogP contribution in [0.25, 0.3) is 46.8 Å². The quantitative estimate of drug-likeness (QED) is 0.202. The van der Waals surface area contributed by atoms with Gasteiger partial charge in [0, 0.05) is 32.2 Å². The lowest BCUT2D eigenvalue weighted by Crippen LogP contribution is -2.34. The molecule has 0 spiro atoms. The zero-order valence-corrected chi connectivity index (χ0v) is 24.7. The minimum Gasteiger partial charge on any atom is -0.497 e. The highest BCUT2D eigenvalue weighted by Gasteiger charge is 2.39. The van der Waals surface area contributed by atoms with Crippen LogP contribution in [0.5, 0.6) is 17.2 Å². The third kappa shape index (κ3) is 3.78. The van der Waals surface area contributed by atoms with E-state index < -0.39 is 5.60 Å². The predicted octanol–water partition coefficient (Wildman–Crippen LogP) is 10.3. The number of ether oxygens (including phenoxy) is 3. The largest absolute Gasteiger partial charge is 0.497 e. The lowest BCUT2D eigenvalue weighted by Gasteiger charge is -2.36. The Hall–Kier alpha value is -4.58. The van der Waals surface area contributed by atoms with Gasteiger partial charge >= 0.3 is 0 Å². The van der Waals surface area contributed by atoms with E-state index in [1.165, 1.54) is 40.7 Å². The van der Waals surface area contributed by atoms with Crippen LogP contribution in [-0.2, 0) is 5.60 Å². The molecular formula is C37H26O3S2. The molecular weight excluding hydrogens is 557 g/mol. The summed E-state index contributed by atoms with van der Waals surface area (Å²) in [6.45, 7) is 0. The monoisotopic (exact) mass is 582 g/mol. The van der Waals surface area contributed by atoms with Crippen molar-refractivity contribution < 1.29 is 14.2 Å². The lowest BCUT2D eigenvalue weighted by molar-refractivity contribution is 0.164. The first-order chi connectivity index (χ1) is 20.7. The average Bonchev–Trinajstić information content (AvgIpc) is 3.61. The van der Waals surface area contributed by atoms with Gasteiger partial charge in [0.15, 0.2) is 5.60 Å². The Labute approximate surface area is 251 Å².